The number of aromatic nitrogens is 3. The molecule has 0 aliphatic heterocycles. The van der Waals surface area contributed by atoms with Crippen LogP contribution in [0.2, 0.25) is 0 Å². The number of nitrogens with one attached hydrogen (secondary N) is 2. The van der Waals surface area contributed by atoms with E-state index in [9.17, 15) is 9.59 Å². The average molecular weight is 240 g/mol. The molecule has 1 heterocycles. The molecule has 1 aromatic heterocycles. The molecule has 17 heavy (non-hydrogen) atoms. The minimum absolute atomic E-state index is 0.0336. The van der Waals surface area contributed by atoms with Gasteiger partial charge in [0.1, 0.15) is 5.82 Å². The molecule has 0 spiro atoms. The summed E-state index contributed by atoms with van der Waals surface area (Å²) in [4.78, 5) is 26.3. The Bertz CT molecular complexity index is 415. The smallest absolute Gasteiger partial charge is 0.308 e. The summed E-state index contributed by atoms with van der Waals surface area (Å²) in [6.45, 7) is 5.05. The quantitative estimate of drug-likeness (QED) is 0.681. The standard InChI is InChI=1S/C10H16N4O3/c1-4-7-12-8(14-13-7)9(15)11-6(3)5(2)10(16)17/h5-6H,4H2,1-3H3,(H,11,15)(H,16,17)(H,12,13,14). The highest BCUT2D eigenvalue weighted by Gasteiger charge is 2.22. The minimum Gasteiger partial charge on any atom is -0.481 e. The predicted molar refractivity (Wildman–Crippen MR) is 59.5 cm³/mol. The molecule has 0 aromatic carbocycles. The number of hydrogen-bond acceptors (Lipinski definition) is 4. The first-order chi connectivity index (χ1) is 7.95. The van der Waals surface area contributed by atoms with Crippen LogP contribution in [0.3, 0.4) is 0 Å². The van der Waals surface area contributed by atoms with Gasteiger partial charge in [0.25, 0.3) is 5.91 Å². The van der Waals surface area contributed by atoms with Gasteiger partial charge in [-0.1, -0.05) is 6.92 Å². The van der Waals surface area contributed by atoms with E-state index >= 15 is 0 Å². The van der Waals surface area contributed by atoms with Gasteiger partial charge in [-0.3, -0.25) is 14.7 Å². The van der Waals surface area contributed by atoms with Crippen LogP contribution in [0.1, 0.15) is 37.2 Å². The third-order valence-corrected chi connectivity index (χ3v) is 2.57. The van der Waals surface area contributed by atoms with Crippen molar-refractivity contribution >= 4 is 11.9 Å². The Balaban J connectivity index is 2.63. The number of carboxylic acid groups (broad SMARTS) is 1. The zero-order chi connectivity index (χ0) is 13.0. The van der Waals surface area contributed by atoms with Gasteiger partial charge >= 0.3 is 5.97 Å². The van der Waals surface area contributed by atoms with E-state index in [2.05, 4.69) is 20.5 Å². The van der Waals surface area contributed by atoms with Crippen LogP contribution < -0.4 is 5.32 Å². The van der Waals surface area contributed by atoms with E-state index < -0.39 is 23.8 Å². The van der Waals surface area contributed by atoms with Gasteiger partial charge in [0, 0.05) is 12.5 Å². The first-order valence-electron chi connectivity index (χ1n) is 5.40. The number of aliphatic carboxylic acids is 1. The molecule has 3 N–H and O–H groups in total. The van der Waals surface area contributed by atoms with E-state index in [1.807, 2.05) is 6.92 Å². The molecule has 2 unspecified atom stereocenters. The Labute approximate surface area is 98.6 Å². The molecular formula is C10H16N4O3. The van der Waals surface area contributed by atoms with Crippen molar-refractivity contribution in [3.05, 3.63) is 11.6 Å². The summed E-state index contributed by atoms with van der Waals surface area (Å²) < 4.78 is 0. The van der Waals surface area contributed by atoms with Crippen molar-refractivity contribution in [2.75, 3.05) is 0 Å². The first-order valence-corrected chi connectivity index (χ1v) is 5.40. The molecule has 94 valence electrons. The number of carbonyl (C=O) groups excluding carboxylic acids is 1. The van der Waals surface area contributed by atoms with E-state index in [0.29, 0.717) is 12.2 Å². The largest absolute Gasteiger partial charge is 0.481 e. The number of nitrogens with zero attached hydrogens (tertiary/aromatic N) is 2. The second kappa shape index (κ2) is 5.42. The summed E-state index contributed by atoms with van der Waals surface area (Å²) in [5, 5.41) is 17.7. The highest BCUT2D eigenvalue weighted by molar-refractivity contribution is 5.90. The summed E-state index contributed by atoms with van der Waals surface area (Å²) >= 11 is 0. The Morgan fingerprint density at radius 3 is 2.59 bits per heavy atom. The SMILES string of the molecule is CCc1nc(C(=O)NC(C)C(C)C(=O)O)n[nH]1. The zero-order valence-electron chi connectivity index (χ0n) is 10.0. The van der Waals surface area contributed by atoms with E-state index in [4.69, 9.17) is 5.11 Å². The van der Waals surface area contributed by atoms with Gasteiger partial charge in [-0.05, 0) is 13.8 Å². The molecule has 7 nitrogen and oxygen atoms in total. The maximum atomic E-state index is 11.7. The second-order valence-electron chi connectivity index (χ2n) is 3.85. The number of hydrogen-bond donors (Lipinski definition) is 3. The van der Waals surface area contributed by atoms with Crippen LogP contribution in [0.15, 0.2) is 0 Å². The fourth-order valence-corrected chi connectivity index (χ4v) is 1.17. The summed E-state index contributed by atoms with van der Waals surface area (Å²) in [5.41, 5.74) is 0. The number of carboxylic acids is 1. The van der Waals surface area contributed by atoms with E-state index in [0.717, 1.165) is 0 Å². The Kier molecular flexibility index (Phi) is 4.19. The number of aryl methyl sites for hydroxylation is 1. The Hall–Kier alpha value is -1.92. The lowest BCUT2D eigenvalue weighted by molar-refractivity contribution is -0.141. The predicted octanol–water partition coefficient (Wildman–Crippen LogP) is 0.206. The molecule has 2 atom stereocenters. The summed E-state index contributed by atoms with van der Waals surface area (Å²) in [6, 6.07) is -0.483. The molecule has 0 saturated carbocycles. The van der Waals surface area contributed by atoms with E-state index in [1.165, 1.54) is 6.92 Å². The van der Waals surface area contributed by atoms with Crippen molar-refractivity contribution in [1.82, 2.24) is 20.5 Å². The monoisotopic (exact) mass is 240 g/mol. The maximum Gasteiger partial charge on any atom is 0.308 e. The van der Waals surface area contributed by atoms with Gasteiger partial charge < -0.3 is 10.4 Å². The zero-order valence-corrected chi connectivity index (χ0v) is 10.0. The normalized spacial score (nSPS) is 14.1. The molecule has 0 aliphatic rings. The van der Waals surface area contributed by atoms with Crippen LogP contribution in [0.25, 0.3) is 0 Å². The van der Waals surface area contributed by atoms with Gasteiger partial charge in [0.15, 0.2) is 0 Å². The summed E-state index contributed by atoms with van der Waals surface area (Å²) in [6.07, 6.45) is 0.654. The fraction of sp³-hybridized carbons (Fsp3) is 0.600. The van der Waals surface area contributed by atoms with Gasteiger partial charge in [0.2, 0.25) is 5.82 Å². The van der Waals surface area contributed by atoms with Crippen LogP contribution in [0.4, 0.5) is 0 Å². The van der Waals surface area contributed by atoms with Gasteiger partial charge in [0.05, 0.1) is 5.92 Å². The number of H-pyrrole nitrogens is 1. The third-order valence-electron chi connectivity index (χ3n) is 2.57. The highest BCUT2D eigenvalue weighted by Crippen LogP contribution is 2.03. The van der Waals surface area contributed by atoms with Crippen LogP contribution >= 0.6 is 0 Å². The van der Waals surface area contributed by atoms with Gasteiger partial charge in [-0.25, -0.2) is 4.98 Å². The maximum absolute atomic E-state index is 11.7. The number of aromatic amines is 1. The molecular weight excluding hydrogens is 224 g/mol. The van der Waals surface area contributed by atoms with Crippen molar-refractivity contribution in [3.8, 4) is 0 Å². The average Bonchev–Trinajstić information content (AvgIpc) is 2.76. The fourth-order valence-electron chi connectivity index (χ4n) is 1.17. The molecule has 0 bridgehead atoms. The van der Waals surface area contributed by atoms with E-state index in [1.54, 1.807) is 6.92 Å². The lowest BCUT2D eigenvalue weighted by atomic mass is 10.0. The minimum atomic E-state index is -0.956. The summed E-state index contributed by atoms with van der Waals surface area (Å²) in [7, 11) is 0. The van der Waals surface area contributed by atoms with Crippen molar-refractivity contribution in [1.29, 1.82) is 0 Å². The van der Waals surface area contributed by atoms with Crippen LogP contribution in [0, 0.1) is 5.92 Å². The molecule has 0 saturated heterocycles. The van der Waals surface area contributed by atoms with Gasteiger partial charge in [-0.15, -0.1) is 5.10 Å². The van der Waals surface area contributed by atoms with Crippen molar-refractivity contribution in [2.24, 2.45) is 5.92 Å². The van der Waals surface area contributed by atoms with Gasteiger partial charge in [-0.2, -0.15) is 0 Å². The van der Waals surface area contributed by atoms with Crippen LogP contribution in [-0.2, 0) is 11.2 Å². The topological polar surface area (TPSA) is 108 Å². The Morgan fingerprint density at radius 1 is 1.47 bits per heavy atom. The van der Waals surface area contributed by atoms with Crippen molar-refractivity contribution < 1.29 is 14.7 Å². The molecule has 0 radical (unpaired) electrons. The van der Waals surface area contributed by atoms with E-state index in [-0.39, 0.29) is 5.82 Å². The second-order valence-corrected chi connectivity index (χ2v) is 3.85. The molecule has 7 heteroatoms. The molecule has 0 fully saturated rings. The van der Waals surface area contributed by atoms with Crippen molar-refractivity contribution in [2.45, 2.75) is 33.2 Å². The van der Waals surface area contributed by atoms with Crippen LogP contribution in [-0.4, -0.2) is 38.2 Å². The van der Waals surface area contributed by atoms with Crippen molar-refractivity contribution in [3.63, 3.8) is 0 Å². The lowest BCUT2D eigenvalue weighted by Crippen LogP contribution is -2.40. The molecule has 0 aliphatic carbocycles. The number of carbonyl (C=O) groups is 2. The summed E-state index contributed by atoms with van der Waals surface area (Å²) in [5.74, 6) is -1.44. The third kappa shape index (κ3) is 3.27. The molecule has 1 aromatic rings. The first kappa shape index (κ1) is 13.1. The lowest BCUT2D eigenvalue weighted by Gasteiger charge is -2.16. The highest BCUT2D eigenvalue weighted by atomic mass is 16.4. The molecule has 1 rings (SSSR count). The number of amides is 1. The van der Waals surface area contributed by atoms with Crippen LogP contribution in [0.5, 0.6) is 0 Å². The Morgan fingerprint density at radius 2 is 2.12 bits per heavy atom. The molecule has 1 amide bonds. The number of rotatable bonds is 5.